The highest BCUT2D eigenvalue weighted by Gasteiger charge is 2.13. The van der Waals surface area contributed by atoms with Crippen molar-refractivity contribution in [2.75, 3.05) is 40.6 Å². The third-order valence-electron chi connectivity index (χ3n) is 9.15. The van der Waals surface area contributed by atoms with Crippen molar-refractivity contribution in [1.29, 1.82) is 0 Å². The Hall–Kier alpha value is -0.800. The third kappa shape index (κ3) is 36.0. The minimum atomic E-state index is -0.477. The highest BCUT2D eigenvalue weighted by molar-refractivity contribution is 4.89. The molecule has 51 heavy (non-hydrogen) atoms. The molecule has 7 nitrogen and oxygen atoms in total. The van der Waals surface area contributed by atoms with Gasteiger partial charge in [-0.3, -0.25) is 0 Å². The Labute approximate surface area is 317 Å². The predicted molar refractivity (Wildman–Crippen MR) is 215 cm³/mol. The molecule has 0 spiro atoms. The van der Waals surface area contributed by atoms with E-state index in [2.05, 4.69) is 39.8 Å². The lowest BCUT2D eigenvalue weighted by atomic mass is 10.1. The van der Waals surface area contributed by atoms with Crippen LogP contribution in [0.4, 0.5) is 0 Å². The van der Waals surface area contributed by atoms with Crippen molar-refractivity contribution >= 4 is 0 Å². The van der Waals surface area contributed by atoms with Gasteiger partial charge in [0.1, 0.15) is 0 Å². The van der Waals surface area contributed by atoms with Gasteiger partial charge in [0, 0.05) is 40.6 Å². The number of allylic oxidation sites excluding steroid dienone is 2. The van der Waals surface area contributed by atoms with Gasteiger partial charge in [0.15, 0.2) is 25.2 Å². The number of unbranched alkanes of at least 4 members (excludes halogenated alkanes) is 18. The van der Waals surface area contributed by atoms with Crippen LogP contribution in [-0.2, 0) is 33.2 Å². The molecule has 0 amide bonds. The van der Waals surface area contributed by atoms with E-state index < -0.39 is 12.6 Å². The zero-order valence-corrected chi connectivity index (χ0v) is 34.7. The van der Waals surface area contributed by atoms with E-state index in [0.29, 0.717) is 0 Å². The number of ether oxygens (including phenoxy) is 7. The molecular weight excluding hydrogens is 640 g/mol. The summed E-state index contributed by atoms with van der Waals surface area (Å²) in [4.78, 5) is 0. The van der Waals surface area contributed by atoms with Crippen molar-refractivity contribution in [3.63, 3.8) is 0 Å². The highest BCUT2D eigenvalue weighted by Crippen LogP contribution is 2.15. The van der Waals surface area contributed by atoms with Crippen LogP contribution in [0.2, 0.25) is 0 Å². The summed E-state index contributed by atoms with van der Waals surface area (Å²) >= 11 is 0. The van der Waals surface area contributed by atoms with E-state index in [9.17, 15) is 0 Å². The predicted octanol–water partition coefficient (Wildman–Crippen LogP) is 13.0. The molecule has 0 N–H and O–H groups in total. The van der Waals surface area contributed by atoms with Crippen LogP contribution in [0.15, 0.2) is 24.3 Å². The van der Waals surface area contributed by atoms with Crippen LogP contribution in [0.3, 0.4) is 0 Å². The molecule has 2 unspecified atom stereocenters. The van der Waals surface area contributed by atoms with Crippen LogP contribution >= 0.6 is 0 Å². The first kappa shape index (κ1) is 50.2. The lowest BCUT2D eigenvalue weighted by molar-refractivity contribution is -0.188. The number of hydrogen-bond acceptors (Lipinski definition) is 7. The topological polar surface area (TPSA) is 64.6 Å². The van der Waals surface area contributed by atoms with Gasteiger partial charge in [0.05, 0.1) is 0 Å². The average Bonchev–Trinajstić information content (AvgIpc) is 3.14. The van der Waals surface area contributed by atoms with Crippen LogP contribution in [0, 0.1) is 0 Å². The SMILES string of the molecule is CCCCCCCOC(CCCC=CC(OC)OC(C=CCCCC(OCCCCCCC)OCCCCCCC)OC)OCCCCCCC. The molecule has 0 saturated carbocycles. The molecule has 7 heteroatoms. The van der Waals surface area contributed by atoms with E-state index in [4.69, 9.17) is 33.2 Å². The first-order valence-electron chi connectivity index (χ1n) is 21.7. The van der Waals surface area contributed by atoms with Crippen LogP contribution in [0.25, 0.3) is 0 Å². The Morgan fingerprint density at radius 3 is 0.941 bits per heavy atom. The molecule has 0 heterocycles. The molecule has 0 aromatic heterocycles. The van der Waals surface area contributed by atoms with Crippen molar-refractivity contribution in [3.05, 3.63) is 24.3 Å². The van der Waals surface area contributed by atoms with Gasteiger partial charge in [-0.05, 0) is 76.4 Å². The van der Waals surface area contributed by atoms with E-state index in [1.807, 2.05) is 12.2 Å². The Balaban J connectivity index is 4.60. The second-order valence-electron chi connectivity index (χ2n) is 14.1. The van der Waals surface area contributed by atoms with Crippen LogP contribution < -0.4 is 0 Å². The summed E-state index contributed by atoms with van der Waals surface area (Å²) in [6.45, 7) is 12.1. The number of rotatable bonds is 42. The molecule has 0 aliphatic heterocycles. The van der Waals surface area contributed by atoms with E-state index in [1.165, 1.54) is 103 Å². The van der Waals surface area contributed by atoms with Crippen molar-refractivity contribution in [3.8, 4) is 0 Å². The highest BCUT2D eigenvalue weighted by atomic mass is 16.8. The lowest BCUT2D eigenvalue weighted by Crippen LogP contribution is -2.22. The van der Waals surface area contributed by atoms with Gasteiger partial charge in [0.2, 0.25) is 0 Å². The van der Waals surface area contributed by atoms with Gasteiger partial charge < -0.3 is 33.2 Å². The molecule has 0 aromatic rings. The molecule has 0 aromatic carbocycles. The summed E-state index contributed by atoms with van der Waals surface area (Å²) in [5.74, 6) is 0. The lowest BCUT2D eigenvalue weighted by Gasteiger charge is -2.19. The van der Waals surface area contributed by atoms with Crippen molar-refractivity contribution in [2.45, 2.75) is 220 Å². The molecule has 0 saturated heterocycles. The second-order valence-corrected chi connectivity index (χ2v) is 14.1. The third-order valence-corrected chi connectivity index (χ3v) is 9.15. The molecule has 0 aliphatic carbocycles. The molecule has 304 valence electrons. The summed E-state index contributed by atoms with van der Waals surface area (Å²) < 4.78 is 41.9. The van der Waals surface area contributed by atoms with E-state index in [1.54, 1.807) is 14.2 Å². The molecule has 0 bridgehead atoms. The number of hydrogen-bond donors (Lipinski definition) is 0. The quantitative estimate of drug-likeness (QED) is 0.0352. The smallest absolute Gasteiger partial charge is 0.179 e. The largest absolute Gasteiger partial charge is 0.353 e. The minimum Gasteiger partial charge on any atom is -0.353 e. The maximum absolute atomic E-state index is 6.17. The summed E-state index contributed by atoms with van der Waals surface area (Å²) in [6, 6.07) is 0. The molecule has 0 fully saturated rings. The summed E-state index contributed by atoms with van der Waals surface area (Å²) in [5.41, 5.74) is 0. The zero-order chi connectivity index (χ0) is 37.3. The van der Waals surface area contributed by atoms with Gasteiger partial charge in [-0.2, -0.15) is 0 Å². The van der Waals surface area contributed by atoms with Crippen molar-refractivity contribution < 1.29 is 33.2 Å². The van der Waals surface area contributed by atoms with Gasteiger partial charge >= 0.3 is 0 Å². The first-order valence-corrected chi connectivity index (χ1v) is 21.7. The van der Waals surface area contributed by atoms with Crippen LogP contribution in [0.5, 0.6) is 0 Å². The van der Waals surface area contributed by atoms with Gasteiger partial charge in [-0.15, -0.1) is 0 Å². The van der Waals surface area contributed by atoms with E-state index >= 15 is 0 Å². The Kier molecular flexibility index (Phi) is 41.3. The molecule has 2 atom stereocenters. The standard InChI is InChI=1S/C44H86O7/c1-7-11-15-19-29-37-47-43(48-38-30-20-16-12-8-2)35-27-23-25-33-41(45-5)51-42(46-6)34-26-24-28-36-44(49-39-31-21-17-13-9-3)50-40-32-22-18-14-10-4/h25-26,33-34,41-44H,7-24,27-32,35-40H2,1-6H3. The fraction of sp³-hybridized carbons (Fsp3) is 0.909. The van der Waals surface area contributed by atoms with Gasteiger partial charge in [0.25, 0.3) is 0 Å². The number of methoxy groups -OCH3 is 2. The summed E-state index contributed by atoms with van der Waals surface area (Å²) in [7, 11) is 3.33. The maximum atomic E-state index is 6.17. The van der Waals surface area contributed by atoms with Gasteiger partial charge in [-0.25, -0.2) is 0 Å². The van der Waals surface area contributed by atoms with Crippen LogP contribution in [-0.4, -0.2) is 65.8 Å². The van der Waals surface area contributed by atoms with Crippen molar-refractivity contribution in [1.82, 2.24) is 0 Å². The Bertz CT molecular complexity index is 626. The Morgan fingerprint density at radius 2 is 0.667 bits per heavy atom. The van der Waals surface area contributed by atoms with E-state index in [-0.39, 0.29) is 12.6 Å². The molecule has 0 aliphatic rings. The zero-order valence-electron chi connectivity index (χ0n) is 34.7. The summed E-state index contributed by atoms with van der Waals surface area (Å²) in [5, 5.41) is 0. The minimum absolute atomic E-state index is 0.118. The Morgan fingerprint density at radius 1 is 0.373 bits per heavy atom. The fourth-order valence-corrected chi connectivity index (χ4v) is 5.82. The summed E-state index contributed by atoms with van der Waals surface area (Å²) in [6.07, 6.45) is 37.5. The second kappa shape index (κ2) is 41.9. The van der Waals surface area contributed by atoms with Crippen LogP contribution in [0.1, 0.15) is 195 Å². The normalized spacial score (nSPS) is 13.5. The van der Waals surface area contributed by atoms with Gasteiger partial charge in [-0.1, -0.05) is 143 Å². The fourth-order valence-electron chi connectivity index (χ4n) is 5.82. The van der Waals surface area contributed by atoms with E-state index in [0.717, 1.165) is 90.6 Å². The monoisotopic (exact) mass is 727 g/mol. The molecule has 0 radical (unpaired) electrons. The van der Waals surface area contributed by atoms with Crippen molar-refractivity contribution in [2.24, 2.45) is 0 Å². The first-order chi connectivity index (χ1) is 25.1. The molecule has 0 rings (SSSR count). The average molecular weight is 727 g/mol. The maximum Gasteiger partial charge on any atom is 0.179 e. The molecular formula is C44H86O7.